The van der Waals surface area contributed by atoms with Crippen LogP contribution < -0.4 is 14.8 Å². The Morgan fingerprint density at radius 1 is 1.24 bits per heavy atom. The highest BCUT2D eigenvalue weighted by Crippen LogP contribution is 2.28. The lowest BCUT2D eigenvalue weighted by molar-refractivity contribution is -0.116. The van der Waals surface area contributed by atoms with Crippen LogP contribution in [0, 0.1) is 5.92 Å². The molecule has 2 N–H and O–H groups in total. The summed E-state index contributed by atoms with van der Waals surface area (Å²) in [6.45, 7) is 4.78. The zero-order chi connectivity index (χ0) is 21.0. The first kappa shape index (κ1) is 21.1. The zero-order valence-corrected chi connectivity index (χ0v) is 17.7. The number of rotatable bonds is 7. The fraction of sp³-hybridized carbons (Fsp3) is 0.300. The third-order valence-electron chi connectivity index (χ3n) is 4.06. The Morgan fingerprint density at radius 3 is 2.72 bits per heavy atom. The van der Waals surface area contributed by atoms with Crippen molar-refractivity contribution < 1.29 is 17.9 Å². The number of fused-ring (bicyclic) bond motifs is 1. The summed E-state index contributed by atoms with van der Waals surface area (Å²) in [5.74, 6) is 0.943. The second-order valence-corrected chi connectivity index (χ2v) is 9.04. The lowest BCUT2D eigenvalue weighted by Crippen LogP contribution is -2.23. The van der Waals surface area contributed by atoms with E-state index in [9.17, 15) is 13.2 Å². The highest BCUT2D eigenvalue weighted by molar-refractivity contribution is 7.90. The maximum atomic E-state index is 12.2. The third-order valence-corrected chi connectivity index (χ3v) is 5.75. The summed E-state index contributed by atoms with van der Waals surface area (Å²) < 4.78 is 32.1. The Hall–Kier alpha value is -2.58. The van der Waals surface area contributed by atoms with Crippen LogP contribution in [0.3, 0.4) is 0 Å². The van der Waals surface area contributed by atoms with Crippen molar-refractivity contribution in [1.29, 1.82) is 0 Å². The van der Waals surface area contributed by atoms with Gasteiger partial charge in [0.15, 0.2) is 0 Å². The van der Waals surface area contributed by atoms with E-state index in [4.69, 9.17) is 16.3 Å². The number of carbonyl (C=O) groups is 1. The summed E-state index contributed by atoms with van der Waals surface area (Å²) >= 11 is 6.20. The van der Waals surface area contributed by atoms with E-state index < -0.39 is 10.0 Å². The molecule has 2 aromatic carbocycles. The quantitative estimate of drug-likeness (QED) is 0.696. The molecule has 2 aromatic rings. The number of halogens is 1. The van der Waals surface area contributed by atoms with E-state index in [1.807, 2.05) is 13.8 Å². The Kier molecular flexibility index (Phi) is 6.44. The van der Waals surface area contributed by atoms with Gasteiger partial charge in [0.2, 0.25) is 5.91 Å². The summed E-state index contributed by atoms with van der Waals surface area (Å²) in [6.07, 6.45) is 0.0939. The van der Waals surface area contributed by atoms with E-state index in [1.165, 1.54) is 6.07 Å². The molecular formula is C20H22ClN3O4S. The highest BCUT2D eigenvalue weighted by atomic mass is 35.5. The van der Waals surface area contributed by atoms with E-state index in [0.717, 1.165) is 0 Å². The van der Waals surface area contributed by atoms with Gasteiger partial charge in [0.1, 0.15) is 11.6 Å². The molecule has 0 radical (unpaired) electrons. The van der Waals surface area contributed by atoms with E-state index in [1.54, 1.807) is 36.4 Å². The number of amides is 1. The molecule has 3 rings (SSSR count). The number of hydrogen-bond donors (Lipinski definition) is 2. The first-order chi connectivity index (χ1) is 13.8. The van der Waals surface area contributed by atoms with Crippen molar-refractivity contribution in [1.82, 2.24) is 4.72 Å². The minimum absolute atomic E-state index is 0.0939. The Labute approximate surface area is 175 Å². The lowest BCUT2D eigenvalue weighted by atomic mass is 10.2. The van der Waals surface area contributed by atoms with Crippen LogP contribution in [-0.4, -0.2) is 33.3 Å². The molecule has 29 heavy (non-hydrogen) atoms. The number of aliphatic imine (C=N–C) groups is 1. The van der Waals surface area contributed by atoms with E-state index in [0.29, 0.717) is 34.5 Å². The van der Waals surface area contributed by atoms with Crippen LogP contribution in [0.4, 0.5) is 5.69 Å². The molecule has 0 fully saturated rings. The van der Waals surface area contributed by atoms with Gasteiger partial charge in [0.25, 0.3) is 10.0 Å². The van der Waals surface area contributed by atoms with Crippen LogP contribution in [0.2, 0.25) is 5.02 Å². The predicted octanol–water partition coefficient (Wildman–Crippen LogP) is 3.44. The molecule has 7 nitrogen and oxygen atoms in total. The normalized spacial score (nSPS) is 15.8. The molecule has 1 aliphatic rings. The second kappa shape index (κ2) is 8.84. The third kappa shape index (κ3) is 5.27. The number of carbonyl (C=O) groups excluding carboxylic acids is 1. The lowest BCUT2D eigenvalue weighted by Gasteiger charge is -2.11. The first-order valence-corrected chi connectivity index (χ1v) is 11.0. The van der Waals surface area contributed by atoms with Crippen molar-refractivity contribution in [2.24, 2.45) is 10.9 Å². The number of nitrogens with one attached hydrogen (secondary N) is 2. The maximum Gasteiger partial charge on any atom is 0.263 e. The monoisotopic (exact) mass is 435 g/mol. The topological polar surface area (TPSA) is 96.9 Å². The van der Waals surface area contributed by atoms with Crippen LogP contribution in [0.15, 0.2) is 52.4 Å². The molecule has 1 aliphatic heterocycles. The van der Waals surface area contributed by atoms with Crippen LogP contribution in [0.5, 0.6) is 5.75 Å². The highest BCUT2D eigenvalue weighted by Gasteiger charge is 2.29. The summed E-state index contributed by atoms with van der Waals surface area (Å²) in [7, 11) is -3.58. The number of benzene rings is 2. The maximum absolute atomic E-state index is 12.2. The van der Waals surface area contributed by atoms with Gasteiger partial charge in [-0.15, -0.1) is 0 Å². The summed E-state index contributed by atoms with van der Waals surface area (Å²) in [5.41, 5.74) is 1.06. The smallest absolute Gasteiger partial charge is 0.263 e. The van der Waals surface area contributed by atoms with E-state index in [2.05, 4.69) is 15.0 Å². The fourth-order valence-corrected chi connectivity index (χ4v) is 4.18. The number of sulfonamides is 1. The van der Waals surface area contributed by atoms with Gasteiger partial charge in [-0.3, -0.25) is 14.5 Å². The molecule has 0 aliphatic carbocycles. The van der Waals surface area contributed by atoms with Gasteiger partial charge < -0.3 is 10.1 Å². The van der Waals surface area contributed by atoms with Crippen LogP contribution in [0.25, 0.3) is 0 Å². The van der Waals surface area contributed by atoms with Crippen molar-refractivity contribution in [3.05, 3.63) is 53.1 Å². The largest absolute Gasteiger partial charge is 0.492 e. The molecule has 0 saturated heterocycles. The van der Waals surface area contributed by atoms with Crippen molar-refractivity contribution in [3.8, 4) is 5.75 Å². The first-order valence-electron chi connectivity index (χ1n) is 9.15. The van der Waals surface area contributed by atoms with Gasteiger partial charge in [0, 0.05) is 17.7 Å². The van der Waals surface area contributed by atoms with Crippen LogP contribution in [-0.2, 0) is 14.8 Å². The van der Waals surface area contributed by atoms with Gasteiger partial charge in [-0.25, -0.2) is 8.42 Å². The van der Waals surface area contributed by atoms with Crippen LogP contribution >= 0.6 is 11.6 Å². The SMILES string of the molecule is CC(C)COc1ccc(NC(=O)CCN=C2NS(=O)(=O)c3ccccc32)cc1Cl. The average molecular weight is 436 g/mol. The van der Waals surface area contributed by atoms with Crippen molar-refractivity contribution >= 4 is 39.1 Å². The molecule has 0 aromatic heterocycles. The molecule has 0 bridgehead atoms. The summed E-state index contributed by atoms with van der Waals surface area (Å²) in [4.78, 5) is 16.6. The average Bonchev–Trinajstić information content (AvgIpc) is 2.92. The van der Waals surface area contributed by atoms with Gasteiger partial charge >= 0.3 is 0 Å². The molecular weight excluding hydrogens is 414 g/mol. The zero-order valence-electron chi connectivity index (χ0n) is 16.1. The van der Waals surface area contributed by atoms with Crippen molar-refractivity contribution in [3.63, 3.8) is 0 Å². The fourth-order valence-electron chi connectivity index (χ4n) is 2.70. The summed E-state index contributed by atoms with van der Waals surface area (Å²) in [6, 6.07) is 11.6. The van der Waals surface area contributed by atoms with Gasteiger partial charge in [0.05, 0.1) is 23.1 Å². The molecule has 154 valence electrons. The Balaban J connectivity index is 1.57. The molecule has 1 amide bonds. The molecule has 0 spiro atoms. The number of hydrogen-bond acceptors (Lipinski definition) is 5. The van der Waals surface area contributed by atoms with E-state index in [-0.39, 0.29) is 29.6 Å². The van der Waals surface area contributed by atoms with Gasteiger partial charge in [-0.1, -0.05) is 37.6 Å². The molecule has 1 heterocycles. The predicted molar refractivity (Wildman–Crippen MR) is 113 cm³/mol. The Morgan fingerprint density at radius 2 is 2.00 bits per heavy atom. The van der Waals surface area contributed by atoms with E-state index >= 15 is 0 Å². The molecule has 9 heteroatoms. The minimum atomic E-state index is -3.58. The van der Waals surface area contributed by atoms with Crippen molar-refractivity contribution in [2.45, 2.75) is 25.2 Å². The molecule has 0 unspecified atom stereocenters. The molecule has 0 atom stereocenters. The number of anilines is 1. The number of ether oxygens (including phenoxy) is 1. The van der Waals surface area contributed by atoms with Gasteiger partial charge in [-0.2, -0.15) is 0 Å². The second-order valence-electron chi connectivity index (χ2n) is 6.98. The van der Waals surface area contributed by atoms with Gasteiger partial charge in [-0.05, 0) is 36.2 Å². The standard InChI is InChI=1S/C20H22ClN3O4S/c1-13(2)12-28-17-8-7-14(11-16(17)21)23-19(25)9-10-22-20-15-5-3-4-6-18(15)29(26,27)24-20/h3-8,11,13H,9-10,12H2,1-2H3,(H,22,24)(H,23,25). The molecule has 0 saturated carbocycles. The number of nitrogens with zero attached hydrogens (tertiary/aromatic N) is 1. The number of amidine groups is 1. The van der Waals surface area contributed by atoms with Crippen molar-refractivity contribution in [2.75, 3.05) is 18.5 Å². The summed E-state index contributed by atoms with van der Waals surface area (Å²) in [5, 5.41) is 3.17. The van der Waals surface area contributed by atoms with Crippen LogP contribution in [0.1, 0.15) is 25.8 Å². The Bertz CT molecular complexity index is 1050. The minimum Gasteiger partial charge on any atom is -0.492 e.